The highest BCUT2D eigenvalue weighted by Gasteiger charge is 2.09. The highest BCUT2D eigenvalue weighted by Crippen LogP contribution is 2.34. The summed E-state index contributed by atoms with van der Waals surface area (Å²) < 4.78 is 7.47. The molecule has 3 aromatic rings. The van der Waals surface area contributed by atoms with Crippen LogP contribution < -0.4 is 5.63 Å². The van der Waals surface area contributed by atoms with Crippen LogP contribution in [0.1, 0.15) is 5.56 Å². The summed E-state index contributed by atoms with van der Waals surface area (Å²) in [4.78, 5) is 11.3. The van der Waals surface area contributed by atoms with E-state index in [1.54, 1.807) is 11.3 Å². The van der Waals surface area contributed by atoms with Gasteiger partial charge in [0.1, 0.15) is 0 Å². The van der Waals surface area contributed by atoms with Crippen molar-refractivity contribution >= 4 is 31.7 Å². The van der Waals surface area contributed by atoms with Crippen molar-refractivity contribution in [3.05, 3.63) is 46.3 Å². The largest absolute Gasteiger partial charge is 0.421 e. The van der Waals surface area contributed by atoms with Crippen LogP contribution in [0.2, 0.25) is 0 Å². The second-order valence-corrected chi connectivity index (χ2v) is 4.56. The van der Waals surface area contributed by atoms with Gasteiger partial charge in [-0.2, -0.15) is 0 Å². The van der Waals surface area contributed by atoms with Crippen LogP contribution in [0.4, 0.5) is 0 Å². The van der Waals surface area contributed by atoms with Gasteiger partial charge in [-0.1, -0.05) is 12.1 Å². The summed E-state index contributed by atoms with van der Waals surface area (Å²) >= 11 is 1.66. The fraction of sp³-hybridized carbons (Fsp3) is 0.0833. The average Bonchev–Trinajstić information content (AvgIpc) is 2.57. The summed E-state index contributed by atoms with van der Waals surface area (Å²) in [5.74, 6) is 0. The van der Waals surface area contributed by atoms with Crippen molar-refractivity contribution in [2.75, 3.05) is 0 Å². The molecule has 3 heteroatoms. The number of aryl methyl sites for hydroxylation is 1. The number of thiophene rings is 1. The Bertz CT molecular complexity index is 706. The average molecular weight is 216 g/mol. The predicted octanol–water partition coefficient (Wildman–Crippen LogP) is 3.32. The Morgan fingerprint density at radius 2 is 2.07 bits per heavy atom. The molecule has 1 aromatic carbocycles. The van der Waals surface area contributed by atoms with Gasteiger partial charge in [0.15, 0.2) is 5.58 Å². The molecular weight excluding hydrogens is 208 g/mol. The SMILES string of the molecule is Cc1cc(=O)oc2c1sc1ccccc12. The highest BCUT2D eigenvalue weighted by atomic mass is 32.1. The van der Waals surface area contributed by atoms with E-state index >= 15 is 0 Å². The maximum absolute atomic E-state index is 11.3. The molecule has 3 rings (SSSR count). The third-order valence-electron chi connectivity index (χ3n) is 2.45. The van der Waals surface area contributed by atoms with Crippen LogP contribution >= 0.6 is 11.3 Å². The molecule has 0 atom stereocenters. The van der Waals surface area contributed by atoms with Gasteiger partial charge in [-0.25, -0.2) is 4.79 Å². The summed E-state index contributed by atoms with van der Waals surface area (Å²) in [5.41, 5.74) is 1.44. The molecule has 0 saturated carbocycles. The lowest BCUT2D eigenvalue weighted by Crippen LogP contribution is -1.95. The molecule has 0 saturated heterocycles. The smallest absolute Gasteiger partial charge is 0.336 e. The minimum atomic E-state index is -0.274. The standard InChI is InChI=1S/C12H8O2S/c1-7-6-10(13)14-11-8-4-2-3-5-9(8)15-12(7)11/h2-6H,1H3. The van der Waals surface area contributed by atoms with Crippen molar-refractivity contribution in [2.45, 2.75) is 6.92 Å². The fourth-order valence-electron chi connectivity index (χ4n) is 1.76. The molecule has 0 radical (unpaired) electrons. The number of fused-ring (bicyclic) bond motifs is 3. The van der Waals surface area contributed by atoms with E-state index in [9.17, 15) is 4.79 Å². The lowest BCUT2D eigenvalue weighted by Gasteiger charge is -1.92. The van der Waals surface area contributed by atoms with Crippen molar-refractivity contribution in [1.29, 1.82) is 0 Å². The molecule has 2 aromatic heterocycles. The van der Waals surface area contributed by atoms with Crippen LogP contribution in [0.15, 0.2) is 39.5 Å². The zero-order valence-electron chi connectivity index (χ0n) is 8.11. The molecule has 2 nitrogen and oxygen atoms in total. The van der Waals surface area contributed by atoms with E-state index in [-0.39, 0.29) is 5.63 Å². The maximum Gasteiger partial charge on any atom is 0.336 e. The Labute approximate surface area is 89.8 Å². The molecule has 74 valence electrons. The Kier molecular flexibility index (Phi) is 1.70. The molecule has 0 unspecified atom stereocenters. The zero-order valence-corrected chi connectivity index (χ0v) is 8.93. The molecule has 0 aliphatic rings. The van der Waals surface area contributed by atoms with Crippen LogP contribution in [0.25, 0.3) is 20.4 Å². The molecule has 2 heterocycles. The van der Waals surface area contributed by atoms with Crippen molar-refractivity contribution in [3.8, 4) is 0 Å². The van der Waals surface area contributed by atoms with Crippen LogP contribution in [0.3, 0.4) is 0 Å². The third kappa shape index (κ3) is 1.20. The first kappa shape index (κ1) is 8.68. The quantitative estimate of drug-likeness (QED) is 0.577. The first-order valence-corrected chi connectivity index (χ1v) is 5.49. The normalized spacial score (nSPS) is 11.3. The van der Waals surface area contributed by atoms with Gasteiger partial charge in [0.2, 0.25) is 0 Å². The third-order valence-corrected chi connectivity index (χ3v) is 3.73. The summed E-state index contributed by atoms with van der Waals surface area (Å²) in [6.07, 6.45) is 0. The van der Waals surface area contributed by atoms with Gasteiger partial charge < -0.3 is 4.42 Å². The molecule has 0 aliphatic carbocycles. The van der Waals surface area contributed by atoms with Crippen molar-refractivity contribution in [2.24, 2.45) is 0 Å². The monoisotopic (exact) mass is 216 g/mol. The molecule has 0 amide bonds. The lowest BCUT2D eigenvalue weighted by molar-refractivity contribution is 0.564. The lowest BCUT2D eigenvalue weighted by atomic mass is 10.2. The number of hydrogen-bond donors (Lipinski definition) is 0. The first-order chi connectivity index (χ1) is 7.25. The van der Waals surface area contributed by atoms with Crippen molar-refractivity contribution in [3.63, 3.8) is 0 Å². The molecule has 0 aliphatic heterocycles. The van der Waals surface area contributed by atoms with Gasteiger partial charge in [-0.05, 0) is 24.6 Å². The van der Waals surface area contributed by atoms with Crippen LogP contribution in [-0.2, 0) is 0 Å². The van der Waals surface area contributed by atoms with Gasteiger partial charge in [-0.15, -0.1) is 11.3 Å². The van der Waals surface area contributed by atoms with Crippen LogP contribution in [0, 0.1) is 6.92 Å². The van der Waals surface area contributed by atoms with E-state index in [2.05, 4.69) is 0 Å². The topological polar surface area (TPSA) is 30.2 Å². The molecule has 0 spiro atoms. The van der Waals surface area contributed by atoms with E-state index in [0.717, 1.165) is 25.9 Å². The second-order valence-electron chi connectivity index (χ2n) is 3.50. The minimum Gasteiger partial charge on any atom is -0.421 e. The molecule has 15 heavy (non-hydrogen) atoms. The Morgan fingerprint density at radius 1 is 1.27 bits per heavy atom. The number of rotatable bonds is 0. The van der Waals surface area contributed by atoms with E-state index in [4.69, 9.17) is 4.42 Å². The first-order valence-electron chi connectivity index (χ1n) is 4.68. The fourth-order valence-corrected chi connectivity index (χ4v) is 2.86. The number of benzene rings is 1. The van der Waals surface area contributed by atoms with Gasteiger partial charge in [-0.3, -0.25) is 0 Å². The molecule has 0 fully saturated rings. The van der Waals surface area contributed by atoms with Crippen LogP contribution in [0.5, 0.6) is 0 Å². The molecule has 0 bridgehead atoms. The summed E-state index contributed by atoms with van der Waals surface area (Å²) in [7, 11) is 0. The van der Waals surface area contributed by atoms with E-state index in [0.29, 0.717) is 0 Å². The van der Waals surface area contributed by atoms with Crippen LogP contribution in [-0.4, -0.2) is 0 Å². The van der Waals surface area contributed by atoms with E-state index < -0.39 is 0 Å². The summed E-state index contributed by atoms with van der Waals surface area (Å²) in [5, 5.41) is 1.03. The van der Waals surface area contributed by atoms with Gasteiger partial charge in [0.25, 0.3) is 0 Å². The highest BCUT2D eigenvalue weighted by molar-refractivity contribution is 7.25. The van der Waals surface area contributed by atoms with E-state index in [1.165, 1.54) is 6.07 Å². The maximum atomic E-state index is 11.3. The zero-order chi connectivity index (χ0) is 10.4. The van der Waals surface area contributed by atoms with Gasteiger partial charge >= 0.3 is 5.63 Å². The minimum absolute atomic E-state index is 0.274. The number of hydrogen-bond acceptors (Lipinski definition) is 3. The van der Waals surface area contributed by atoms with Crippen molar-refractivity contribution < 1.29 is 4.42 Å². The van der Waals surface area contributed by atoms with Gasteiger partial charge in [0.05, 0.1) is 4.70 Å². The Hall–Kier alpha value is -1.61. The van der Waals surface area contributed by atoms with Crippen molar-refractivity contribution in [1.82, 2.24) is 0 Å². The second kappa shape index (κ2) is 2.94. The molecular formula is C12H8O2S. The molecule has 0 N–H and O–H groups in total. The predicted molar refractivity (Wildman–Crippen MR) is 62.6 cm³/mol. The van der Waals surface area contributed by atoms with Gasteiger partial charge in [0, 0.05) is 16.2 Å². The summed E-state index contributed by atoms with van der Waals surface area (Å²) in [6, 6.07) is 9.51. The van der Waals surface area contributed by atoms with E-state index in [1.807, 2.05) is 31.2 Å². The Morgan fingerprint density at radius 3 is 2.93 bits per heavy atom. The Balaban J connectivity index is 2.66. The summed E-state index contributed by atoms with van der Waals surface area (Å²) in [6.45, 7) is 1.94.